The van der Waals surface area contributed by atoms with E-state index in [9.17, 15) is 26.0 Å². The average molecular weight is 542 g/mol. The number of nitrogens with one attached hydrogen (secondary N) is 2. The first kappa shape index (κ1) is 25.1. The summed E-state index contributed by atoms with van der Waals surface area (Å²) < 4.78 is 82.5. The van der Waals surface area contributed by atoms with E-state index in [1.165, 1.54) is 15.2 Å². The molecule has 4 aromatic rings. The molecule has 0 radical (unpaired) electrons. The summed E-state index contributed by atoms with van der Waals surface area (Å²) in [6.45, 7) is -0.994. The van der Waals surface area contributed by atoms with E-state index in [-0.39, 0.29) is 18.9 Å². The van der Waals surface area contributed by atoms with Gasteiger partial charge in [-0.15, -0.1) is 5.10 Å². The molecule has 37 heavy (non-hydrogen) atoms. The third-order valence-corrected chi connectivity index (χ3v) is 7.43. The van der Waals surface area contributed by atoms with Gasteiger partial charge in [-0.3, -0.25) is 0 Å². The molecule has 2 N–H and O–H groups in total. The van der Waals surface area contributed by atoms with Crippen LogP contribution in [0, 0.1) is 0 Å². The predicted molar refractivity (Wildman–Crippen MR) is 128 cm³/mol. The maximum Gasteiger partial charge on any atom is 0.281 e. The summed E-state index contributed by atoms with van der Waals surface area (Å²) in [4.78, 5) is 8.87. The Kier molecular flexibility index (Phi) is 6.18. The second-order valence-corrected chi connectivity index (χ2v) is 10.7. The lowest BCUT2D eigenvalue weighted by Crippen LogP contribution is -2.55. The molecule has 4 aromatic heterocycles. The number of halogens is 4. The minimum atomic E-state index is -3.74. The van der Waals surface area contributed by atoms with Crippen LogP contribution in [0.25, 0.3) is 22.4 Å². The van der Waals surface area contributed by atoms with Gasteiger partial charge in [0, 0.05) is 43.5 Å². The molecule has 5 rings (SSSR count). The minimum Gasteiger partial charge on any atom is -0.371 e. The largest absolute Gasteiger partial charge is 0.371 e. The number of anilines is 2. The van der Waals surface area contributed by atoms with Gasteiger partial charge in [-0.2, -0.15) is 14.4 Å². The molecule has 0 bridgehead atoms. The first-order valence-electron chi connectivity index (χ1n) is 11.2. The molecule has 0 unspecified atom stereocenters. The van der Waals surface area contributed by atoms with Crippen molar-refractivity contribution in [2.24, 2.45) is 0 Å². The lowest BCUT2D eigenvalue weighted by molar-refractivity contribution is -0.0541. The fraction of sp³-hybridized carbons (Fsp3) is 0.429. The van der Waals surface area contributed by atoms with Crippen molar-refractivity contribution in [1.82, 2.24) is 33.5 Å². The topological polar surface area (TPSA) is 122 Å². The number of alkyl halides is 4. The second-order valence-electron chi connectivity index (χ2n) is 8.75. The summed E-state index contributed by atoms with van der Waals surface area (Å²) in [5.74, 6) is -3.10. The summed E-state index contributed by atoms with van der Waals surface area (Å²) >= 11 is 0. The summed E-state index contributed by atoms with van der Waals surface area (Å²) in [6, 6.07) is 2.00. The van der Waals surface area contributed by atoms with Gasteiger partial charge in [-0.1, -0.05) is 0 Å². The molecule has 0 aliphatic carbocycles. The number of hydrogen-bond donors (Lipinski definition) is 2. The molecule has 11 nitrogen and oxygen atoms in total. The van der Waals surface area contributed by atoms with Gasteiger partial charge in [0.15, 0.2) is 11.5 Å². The normalized spacial score (nSPS) is 18.6. The van der Waals surface area contributed by atoms with Crippen molar-refractivity contribution in [2.75, 3.05) is 37.0 Å². The zero-order valence-electron chi connectivity index (χ0n) is 19.7. The van der Waals surface area contributed by atoms with Gasteiger partial charge in [0.25, 0.3) is 5.92 Å². The van der Waals surface area contributed by atoms with Gasteiger partial charge in [-0.05, 0) is 18.6 Å². The molecule has 1 aliphatic rings. The highest BCUT2D eigenvalue weighted by molar-refractivity contribution is 7.88. The van der Waals surface area contributed by atoms with Crippen LogP contribution in [0.4, 0.5) is 29.3 Å². The zero-order valence-corrected chi connectivity index (χ0v) is 20.6. The van der Waals surface area contributed by atoms with Crippen LogP contribution in [0.15, 0.2) is 30.7 Å². The smallest absolute Gasteiger partial charge is 0.281 e. The first-order valence-corrected chi connectivity index (χ1v) is 13.1. The Morgan fingerprint density at radius 2 is 1.95 bits per heavy atom. The number of nitrogens with zero attached hydrogens (tertiary/aromatic N) is 7. The van der Waals surface area contributed by atoms with Crippen molar-refractivity contribution in [3.8, 4) is 11.3 Å². The van der Waals surface area contributed by atoms with Crippen LogP contribution in [0.1, 0.15) is 12.0 Å². The quantitative estimate of drug-likeness (QED) is 0.342. The van der Waals surface area contributed by atoms with Crippen molar-refractivity contribution in [3.05, 3.63) is 36.3 Å². The number of fused-ring (bicyclic) bond motifs is 2. The Labute approximate surface area is 208 Å². The van der Waals surface area contributed by atoms with Crippen molar-refractivity contribution in [3.63, 3.8) is 0 Å². The minimum absolute atomic E-state index is 0.0584. The lowest BCUT2D eigenvalue weighted by atomic mass is 10.0. The third-order valence-electron chi connectivity index (χ3n) is 6.18. The number of sulfonamides is 1. The molecule has 0 saturated carbocycles. The van der Waals surface area contributed by atoms with Crippen LogP contribution in [-0.4, -0.2) is 86.7 Å². The predicted octanol–water partition coefficient (Wildman–Crippen LogP) is 2.37. The van der Waals surface area contributed by atoms with E-state index in [1.54, 1.807) is 31.6 Å². The molecule has 0 amide bonds. The van der Waals surface area contributed by atoms with Crippen LogP contribution in [0.5, 0.6) is 0 Å². The number of rotatable bonds is 7. The summed E-state index contributed by atoms with van der Waals surface area (Å²) in [5.41, 5.74) is 2.16. The van der Waals surface area contributed by atoms with Crippen molar-refractivity contribution in [2.45, 2.75) is 31.2 Å². The lowest BCUT2D eigenvalue weighted by Gasteiger charge is -2.37. The Morgan fingerprint density at radius 1 is 1.19 bits per heavy atom. The van der Waals surface area contributed by atoms with Crippen LogP contribution in [-0.2, 0) is 16.4 Å². The highest BCUT2D eigenvalue weighted by Gasteiger charge is 2.47. The molecular formula is C21H23F4N9O2S. The molecule has 1 atom stereocenters. The maximum absolute atomic E-state index is 14.8. The summed E-state index contributed by atoms with van der Waals surface area (Å²) in [5, 5.41) is 14.0. The Balaban J connectivity index is 1.48. The van der Waals surface area contributed by atoms with E-state index in [2.05, 4.69) is 30.8 Å². The molecule has 1 saturated heterocycles. The van der Waals surface area contributed by atoms with Crippen LogP contribution < -0.4 is 10.6 Å². The monoisotopic (exact) mass is 541 g/mol. The molecule has 0 aromatic carbocycles. The van der Waals surface area contributed by atoms with E-state index >= 15 is 0 Å². The second kappa shape index (κ2) is 9.09. The van der Waals surface area contributed by atoms with Crippen molar-refractivity contribution in [1.29, 1.82) is 0 Å². The Morgan fingerprint density at radius 3 is 2.62 bits per heavy atom. The summed E-state index contributed by atoms with van der Waals surface area (Å²) in [6.07, 6.45) is 2.30. The number of aromatic nitrogens is 6. The molecule has 1 fully saturated rings. The first-order chi connectivity index (χ1) is 17.5. The van der Waals surface area contributed by atoms with E-state index in [1.807, 2.05) is 0 Å². The molecule has 1 aliphatic heterocycles. The standard InChI is InChI=1S/C21H23F4N9O2S/c1-26-18-17-13(14-4-8-34-19(28-14)12(10-27-34)9-16(22)23)3-7-33(17)31-20(30-18)29-15-5-6-32(37(2,35)36)11-21(15,24)25/h3-4,7-8,10,15-16H,5-6,9,11H2,1-2H3,(H2,26,29,30,31)/t15-/m1/s1. The molecule has 198 valence electrons. The molecular weight excluding hydrogens is 518 g/mol. The Hall–Kier alpha value is -3.53. The van der Waals surface area contributed by atoms with Crippen LogP contribution in [0.3, 0.4) is 0 Å². The fourth-order valence-electron chi connectivity index (χ4n) is 4.37. The highest BCUT2D eigenvalue weighted by atomic mass is 32.2. The number of hydrogen-bond acceptors (Lipinski definition) is 8. The summed E-state index contributed by atoms with van der Waals surface area (Å²) in [7, 11) is -2.14. The van der Waals surface area contributed by atoms with Gasteiger partial charge in [0.1, 0.15) is 5.52 Å². The van der Waals surface area contributed by atoms with Gasteiger partial charge in [-0.25, -0.2) is 40.0 Å². The highest BCUT2D eigenvalue weighted by Crippen LogP contribution is 2.33. The van der Waals surface area contributed by atoms with Gasteiger partial charge < -0.3 is 10.6 Å². The van der Waals surface area contributed by atoms with E-state index in [0.717, 1.165) is 10.6 Å². The molecule has 0 spiro atoms. The van der Waals surface area contributed by atoms with Crippen molar-refractivity contribution < 1.29 is 26.0 Å². The Bertz CT molecular complexity index is 1570. The van der Waals surface area contributed by atoms with Crippen LogP contribution in [0.2, 0.25) is 0 Å². The molecule has 5 heterocycles. The van der Waals surface area contributed by atoms with E-state index in [4.69, 9.17) is 0 Å². The van der Waals surface area contributed by atoms with Crippen molar-refractivity contribution >= 4 is 33.0 Å². The van der Waals surface area contributed by atoms with Gasteiger partial charge >= 0.3 is 0 Å². The average Bonchev–Trinajstić information content (AvgIpc) is 3.42. The third kappa shape index (κ3) is 4.77. The SMILES string of the molecule is CNc1nc(N[C@@H]2CCN(S(C)(=O)=O)CC2(F)F)nn2ccc(-c3ccn4ncc(CC(F)F)c4n3)c12. The zero-order chi connectivity index (χ0) is 26.5. The van der Waals surface area contributed by atoms with Gasteiger partial charge in [0.2, 0.25) is 22.4 Å². The fourth-order valence-corrected chi connectivity index (χ4v) is 5.21. The van der Waals surface area contributed by atoms with E-state index in [0.29, 0.717) is 33.8 Å². The van der Waals surface area contributed by atoms with Gasteiger partial charge in [0.05, 0.1) is 30.7 Å². The van der Waals surface area contributed by atoms with E-state index < -0.39 is 41.4 Å². The molecule has 16 heteroatoms. The van der Waals surface area contributed by atoms with Crippen LogP contribution >= 0.6 is 0 Å². The maximum atomic E-state index is 14.8. The number of piperidine rings is 1.